The van der Waals surface area contributed by atoms with Crippen LogP contribution in [0.3, 0.4) is 0 Å². The van der Waals surface area contributed by atoms with Crippen LogP contribution >= 0.6 is 0 Å². The van der Waals surface area contributed by atoms with E-state index in [9.17, 15) is 0 Å². The molecule has 0 amide bonds. The van der Waals surface area contributed by atoms with Gasteiger partial charge in [0.25, 0.3) is 0 Å². The van der Waals surface area contributed by atoms with Gasteiger partial charge in [0.2, 0.25) is 0 Å². The summed E-state index contributed by atoms with van der Waals surface area (Å²) in [6.45, 7) is 11.5. The summed E-state index contributed by atoms with van der Waals surface area (Å²) in [5.41, 5.74) is 0.0634. The van der Waals surface area contributed by atoms with E-state index < -0.39 is 0 Å². The Morgan fingerprint density at radius 1 is 1.25 bits per heavy atom. The van der Waals surface area contributed by atoms with Crippen LogP contribution in [0.5, 0.6) is 0 Å². The Hall–Kier alpha value is -0.0800. The molecule has 72 valence electrons. The maximum Gasteiger partial charge on any atom is 0.163 e. The lowest BCUT2D eigenvalue weighted by atomic mass is 9.93. The fourth-order valence-electron chi connectivity index (χ4n) is 1.22. The van der Waals surface area contributed by atoms with Crippen molar-refractivity contribution in [2.24, 2.45) is 5.41 Å². The van der Waals surface area contributed by atoms with Crippen molar-refractivity contribution >= 4 is 0 Å². The minimum atomic E-state index is -0.0544. The molecule has 0 radical (unpaired) electrons. The zero-order valence-electron chi connectivity index (χ0n) is 8.81. The van der Waals surface area contributed by atoms with E-state index in [2.05, 4.69) is 34.6 Å². The summed E-state index contributed by atoms with van der Waals surface area (Å²) in [6, 6.07) is 0. The first-order chi connectivity index (χ1) is 5.31. The van der Waals surface area contributed by atoms with Gasteiger partial charge in [-0.1, -0.05) is 20.8 Å². The molecule has 0 bridgehead atoms. The molecule has 0 N–H and O–H groups in total. The normalized spacial score (nSPS) is 30.2. The minimum Gasteiger partial charge on any atom is -0.352 e. The summed E-state index contributed by atoms with van der Waals surface area (Å²) in [5, 5.41) is 0. The molecule has 0 saturated carbocycles. The topological polar surface area (TPSA) is 18.5 Å². The Labute approximate surface area is 75.2 Å². The van der Waals surface area contributed by atoms with E-state index in [4.69, 9.17) is 9.47 Å². The van der Waals surface area contributed by atoms with Gasteiger partial charge in [0.05, 0.1) is 12.2 Å². The molecule has 1 atom stereocenters. The van der Waals surface area contributed by atoms with Crippen molar-refractivity contribution < 1.29 is 9.47 Å². The lowest BCUT2D eigenvalue weighted by Crippen LogP contribution is -2.45. The summed E-state index contributed by atoms with van der Waals surface area (Å²) in [5.74, 6) is 0. The van der Waals surface area contributed by atoms with Gasteiger partial charge in [-0.15, -0.1) is 0 Å². The molecule has 1 rings (SSSR count). The molecule has 1 aliphatic heterocycles. The molecule has 1 aliphatic rings. The van der Waals surface area contributed by atoms with Crippen LogP contribution in [0.25, 0.3) is 0 Å². The largest absolute Gasteiger partial charge is 0.352 e. The first kappa shape index (κ1) is 10.0. The van der Waals surface area contributed by atoms with Crippen molar-refractivity contribution in [3.8, 4) is 0 Å². The Morgan fingerprint density at radius 3 is 2.17 bits per heavy atom. The molecular formula is C10H20O2. The van der Waals surface area contributed by atoms with Crippen molar-refractivity contribution in [3.05, 3.63) is 0 Å². The van der Waals surface area contributed by atoms with Gasteiger partial charge in [-0.05, 0) is 20.3 Å². The van der Waals surface area contributed by atoms with Crippen LogP contribution in [0.1, 0.15) is 41.0 Å². The van der Waals surface area contributed by atoms with Crippen molar-refractivity contribution in [2.45, 2.75) is 52.9 Å². The lowest BCUT2D eigenvalue weighted by molar-refractivity contribution is -0.280. The first-order valence-electron chi connectivity index (χ1n) is 4.61. The highest BCUT2D eigenvalue weighted by atomic mass is 16.7. The third-order valence-electron chi connectivity index (χ3n) is 2.11. The maximum atomic E-state index is 5.82. The summed E-state index contributed by atoms with van der Waals surface area (Å²) < 4.78 is 11.4. The quantitative estimate of drug-likeness (QED) is 0.559. The highest BCUT2D eigenvalue weighted by Crippen LogP contribution is 2.32. The Bertz CT molecular complexity index is 152. The Balaban J connectivity index is 2.58. The van der Waals surface area contributed by atoms with E-state index in [1.807, 2.05) is 0 Å². The molecule has 1 heterocycles. The van der Waals surface area contributed by atoms with Gasteiger partial charge in [0, 0.05) is 5.41 Å². The van der Waals surface area contributed by atoms with Gasteiger partial charge >= 0.3 is 0 Å². The molecule has 12 heavy (non-hydrogen) atoms. The van der Waals surface area contributed by atoms with Crippen molar-refractivity contribution in [2.75, 3.05) is 6.61 Å². The van der Waals surface area contributed by atoms with E-state index >= 15 is 0 Å². The number of hydrogen-bond donors (Lipinski definition) is 0. The van der Waals surface area contributed by atoms with Gasteiger partial charge in [0.1, 0.15) is 0 Å². The van der Waals surface area contributed by atoms with Crippen LogP contribution in [0.15, 0.2) is 0 Å². The fraction of sp³-hybridized carbons (Fsp3) is 1.00. The SMILES string of the molecule is CC1(C)CCOC(C(C)(C)C)O1. The summed E-state index contributed by atoms with van der Waals surface area (Å²) in [6.07, 6.45) is 0.931. The average Bonchev–Trinajstić information content (AvgIpc) is 1.83. The highest BCUT2D eigenvalue weighted by Gasteiger charge is 2.36. The Kier molecular flexibility index (Phi) is 2.50. The second kappa shape index (κ2) is 3.00. The maximum absolute atomic E-state index is 5.82. The highest BCUT2D eigenvalue weighted by molar-refractivity contribution is 4.78. The van der Waals surface area contributed by atoms with Gasteiger partial charge in [0.15, 0.2) is 6.29 Å². The third kappa shape index (κ3) is 2.46. The molecule has 0 aliphatic carbocycles. The predicted octanol–water partition coefficient (Wildman–Crippen LogP) is 2.57. The Morgan fingerprint density at radius 2 is 1.83 bits per heavy atom. The van der Waals surface area contributed by atoms with Crippen LogP contribution in [0.2, 0.25) is 0 Å². The fourth-order valence-corrected chi connectivity index (χ4v) is 1.22. The minimum absolute atomic E-state index is 0.0177. The summed E-state index contributed by atoms with van der Waals surface area (Å²) in [7, 11) is 0. The zero-order chi connectivity index (χ0) is 9.41. The third-order valence-corrected chi connectivity index (χ3v) is 2.11. The monoisotopic (exact) mass is 172 g/mol. The van der Waals surface area contributed by atoms with E-state index in [1.54, 1.807) is 0 Å². The zero-order valence-corrected chi connectivity index (χ0v) is 8.81. The first-order valence-corrected chi connectivity index (χ1v) is 4.61. The standard InChI is InChI=1S/C10H20O2/c1-9(2,3)8-11-7-6-10(4,5)12-8/h8H,6-7H2,1-5H3. The van der Waals surface area contributed by atoms with Crippen molar-refractivity contribution in [1.82, 2.24) is 0 Å². The summed E-state index contributed by atoms with van der Waals surface area (Å²) >= 11 is 0. The molecule has 0 aromatic rings. The smallest absolute Gasteiger partial charge is 0.163 e. The van der Waals surface area contributed by atoms with Gasteiger partial charge in [-0.25, -0.2) is 0 Å². The molecule has 0 spiro atoms. The molecule has 2 nitrogen and oxygen atoms in total. The van der Waals surface area contributed by atoms with Crippen LogP contribution in [-0.4, -0.2) is 18.5 Å². The van der Waals surface area contributed by atoms with Crippen LogP contribution < -0.4 is 0 Å². The molecular weight excluding hydrogens is 152 g/mol. The van der Waals surface area contributed by atoms with Gasteiger partial charge in [-0.3, -0.25) is 0 Å². The summed E-state index contributed by atoms with van der Waals surface area (Å²) in [4.78, 5) is 0. The van der Waals surface area contributed by atoms with Crippen LogP contribution in [0.4, 0.5) is 0 Å². The van der Waals surface area contributed by atoms with Crippen LogP contribution in [0, 0.1) is 5.41 Å². The molecule has 1 fully saturated rings. The number of ether oxygens (including phenoxy) is 2. The van der Waals surface area contributed by atoms with E-state index in [-0.39, 0.29) is 17.3 Å². The second-order valence-corrected chi connectivity index (χ2v) is 5.20. The molecule has 2 heteroatoms. The van der Waals surface area contributed by atoms with E-state index in [0.717, 1.165) is 13.0 Å². The average molecular weight is 172 g/mol. The number of hydrogen-bond acceptors (Lipinski definition) is 2. The van der Waals surface area contributed by atoms with Crippen molar-refractivity contribution in [3.63, 3.8) is 0 Å². The van der Waals surface area contributed by atoms with Gasteiger partial charge < -0.3 is 9.47 Å². The van der Waals surface area contributed by atoms with Crippen LogP contribution in [-0.2, 0) is 9.47 Å². The number of rotatable bonds is 0. The van der Waals surface area contributed by atoms with E-state index in [1.165, 1.54) is 0 Å². The molecule has 1 unspecified atom stereocenters. The molecule has 0 aromatic carbocycles. The second-order valence-electron chi connectivity index (χ2n) is 5.20. The molecule has 0 aromatic heterocycles. The molecule has 1 saturated heterocycles. The van der Waals surface area contributed by atoms with E-state index in [0.29, 0.717) is 0 Å². The van der Waals surface area contributed by atoms with Gasteiger partial charge in [-0.2, -0.15) is 0 Å². The lowest BCUT2D eigenvalue weighted by Gasteiger charge is -2.41. The predicted molar refractivity (Wildman–Crippen MR) is 49.0 cm³/mol. The van der Waals surface area contributed by atoms with Crippen molar-refractivity contribution in [1.29, 1.82) is 0 Å².